The van der Waals surface area contributed by atoms with Gasteiger partial charge in [0.15, 0.2) is 0 Å². The van der Waals surface area contributed by atoms with Crippen molar-refractivity contribution in [3.63, 3.8) is 0 Å². The van der Waals surface area contributed by atoms with Crippen LogP contribution in [0.4, 0.5) is 0 Å². The SMILES string of the molecule is C=C/C(N)=C\C(OC)=C(/C)c1nc2ccc(Cl)cc2[nH]1. The van der Waals surface area contributed by atoms with Crippen molar-refractivity contribution >= 4 is 28.2 Å². The number of nitrogens with two attached hydrogens (primary N) is 1. The first kappa shape index (κ1) is 14.2. The van der Waals surface area contributed by atoms with E-state index in [1.165, 1.54) is 0 Å². The van der Waals surface area contributed by atoms with Crippen molar-refractivity contribution in [1.82, 2.24) is 9.97 Å². The number of nitrogens with zero attached hydrogens (tertiary/aromatic N) is 1. The number of imidazole rings is 1. The van der Waals surface area contributed by atoms with Gasteiger partial charge in [0.1, 0.15) is 11.6 Å². The second kappa shape index (κ2) is 5.84. The van der Waals surface area contributed by atoms with Crippen LogP contribution in [-0.4, -0.2) is 17.1 Å². The van der Waals surface area contributed by atoms with E-state index in [-0.39, 0.29) is 0 Å². The molecule has 0 saturated heterocycles. The third kappa shape index (κ3) is 2.86. The van der Waals surface area contributed by atoms with Crippen molar-refractivity contribution in [2.45, 2.75) is 6.92 Å². The second-order valence-electron chi connectivity index (χ2n) is 4.29. The van der Waals surface area contributed by atoms with Crippen LogP contribution in [0.25, 0.3) is 16.6 Å². The van der Waals surface area contributed by atoms with E-state index in [0.29, 0.717) is 22.3 Å². The van der Waals surface area contributed by atoms with E-state index in [9.17, 15) is 0 Å². The number of methoxy groups -OCH3 is 1. The van der Waals surface area contributed by atoms with E-state index in [1.807, 2.05) is 19.1 Å². The van der Waals surface area contributed by atoms with E-state index >= 15 is 0 Å². The zero-order chi connectivity index (χ0) is 14.7. The molecule has 0 bridgehead atoms. The Morgan fingerprint density at radius 2 is 2.25 bits per heavy atom. The Labute approximate surface area is 122 Å². The van der Waals surface area contributed by atoms with Crippen LogP contribution in [0.5, 0.6) is 0 Å². The van der Waals surface area contributed by atoms with Crippen LogP contribution < -0.4 is 5.73 Å². The van der Waals surface area contributed by atoms with Gasteiger partial charge >= 0.3 is 0 Å². The van der Waals surface area contributed by atoms with Gasteiger partial charge in [-0.25, -0.2) is 4.98 Å². The normalized spacial score (nSPS) is 13.2. The predicted molar refractivity (Wildman–Crippen MR) is 83.2 cm³/mol. The summed E-state index contributed by atoms with van der Waals surface area (Å²) >= 11 is 5.96. The van der Waals surface area contributed by atoms with E-state index in [2.05, 4.69) is 16.5 Å². The number of benzene rings is 1. The summed E-state index contributed by atoms with van der Waals surface area (Å²) in [5.74, 6) is 1.35. The number of nitrogens with one attached hydrogen (secondary N) is 1. The van der Waals surface area contributed by atoms with Crippen molar-refractivity contribution in [2.24, 2.45) is 5.73 Å². The summed E-state index contributed by atoms with van der Waals surface area (Å²) in [6.45, 7) is 5.52. The van der Waals surface area contributed by atoms with Gasteiger partial charge in [0.05, 0.1) is 18.1 Å². The van der Waals surface area contributed by atoms with Crippen molar-refractivity contribution in [2.75, 3.05) is 7.11 Å². The van der Waals surface area contributed by atoms with Crippen LogP contribution in [0.1, 0.15) is 12.7 Å². The second-order valence-corrected chi connectivity index (χ2v) is 4.73. The first-order valence-electron chi connectivity index (χ1n) is 6.05. The maximum absolute atomic E-state index is 5.96. The molecule has 0 radical (unpaired) electrons. The van der Waals surface area contributed by atoms with E-state index in [0.717, 1.165) is 16.6 Å². The summed E-state index contributed by atoms with van der Waals surface area (Å²) < 4.78 is 5.35. The monoisotopic (exact) mass is 289 g/mol. The van der Waals surface area contributed by atoms with E-state index in [4.69, 9.17) is 22.1 Å². The van der Waals surface area contributed by atoms with Crippen molar-refractivity contribution in [1.29, 1.82) is 0 Å². The van der Waals surface area contributed by atoms with Gasteiger partial charge < -0.3 is 15.5 Å². The lowest BCUT2D eigenvalue weighted by Crippen LogP contribution is -1.97. The van der Waals surface area contributed by atoms with Crippen LogP contribution in [0, 0.1) is 0 Å². The molecule has 3 N–H and O–H groups in total. The Kier molecular flexibility index (Phi) is 4.15. The summed E-state index contributed by atoms with van der Waals surface area (Å²) in [5.41, 5.74) is 8.85. The minimum absolute atomic E-state index is 0.528. The van der Waals surface area contributed by atoms with Crippen LogP contribution in [0.15, 0.2) is 48.4 Å². The van der Waals surface area contributed by atoms with Gasteiger partial charge in [-0.3, -0.25) is 0 Å². The topological polar surface area (TPSA) is 63.9 Å². The molecule has 1 aromatic heterocycles. The molecule has 0 aliphatic rings. The number of ether oxygens (including phenoxy) is 1. The van der Waals surface area contributed by atoms with Gasteiger partial charge in [-0.2, -0.15) is 0 Å². The molecule has 1 aromatic carbocycles. The molecule has 4 nitrogen and oxygen atoms in total. The minimum atomic E-state index is 0.528. The fourth-order valence-corrected chi connectivity index (χ4v) is 1.98. The largest absolute Gasteiger partial charge is 0.496 e. The molecule has 1 heterocycles. The summed E-state index contributed by atoms with van der Waals surface area (Å²) in [6, 6.07) is 5.51. The maximum Gasteiger partial charge on any atom is 0.137 e. The molecule has 0 atom stereocenters. The Morgan fingerprint density at radius 3 is 2.90 bits per heavy atom. The molecule has 0 amide bonds. The molecule has 0 aliphatic carbocycles. The minimum Gasteiger partial charge on any atom is -0.496 e. The molecular weight excluding hydrogens is 274 g/mol. The highest BCUT2D eigenvalue weighted by Gasteiger charge is 2.09. The number of hydrogen-bond acceptors (Lipinski definition) is 3. The molecule has 20 heavy (non-hydrogen) atoms. The van der Waals surface area contributed by atoms with Crippen LogP contribution in [0.2, 0.25) is 5.02 Å². The van der Waals surface area contributed by atoms with E-state index in [1.54, 1.807) is 25.3 Å². The number of aromatic nitrogens is 2. The summed E-state index contributed by atoms with van der Waals surface area (Å²) in [4.78, 5) is 7.72. The molecule has 2 rings (SSSR count). The molecule has 0 saturated carbocycles. The average molecular weight is 290 g/mol. The standard InChI is InChI=1S/C15H16ClN3O/c1-4-11(17)8-14(20-3)9(2)15-18-12-6-5-10(16)7-13(12)19-15/h4-8H,1,17H2,2-3H3,(H,18,19)/b11-8+,14-9-. The highest BCUT2D eigenvalue weighted by atomic mass is 35.5. The molecule has 0 fully saturated rings. The molecule has 0 aliphatic heterocycles. The quantitative estimate of drug-likeness (QED) is 0.667. The highest BCUT2D eigenvalue weighted by molar-refractivity contribution is 6.31. The molecule has 0 spiro atoms. The number of fused-ring (bicyclic) bond motifs is 1. The van der Waals surface area contributed by atoms with Crippen molar-refractivity contribution < 1.29 is 4.74 Å². The Morgan fingerprint density at radius 1 is 1.50 bits per heavy atom. The van der Waals surface area contributed by atoms with Gasteiger partial charge in [0.25, 0.3) is 0 Å². The van der Waals surface area contributed by atoms with Gasteiger partial charge in [0, 0.05) is 22.4 Å². The molecule has 5 heteroatoms. The molecular formula is C15H16ClN3O. The average Bonchev–Trinajstić information content (AvgIpc) is 2.86. The first-order chi connectivity index (χ1) is 9.55. The number of halogens is 1. The lowest BCUT2D eigenvalue weighted by Gasteiger charge is -2.05. The summed E-state index contributed by atoms with van der Waals surface area (Å²) in [5, 5.41) is 0.664. The fourth-order valence-electron chi connectivity index (χ4n) is 1.81. The van der Waals surface area contributed by atoms with Gasteiger partial charge in [-0.1, -0.05) is 18.2 Å². The summed E-state index contributed by atoms with van der Waals surface area (Å²) in [6.07, 6.45) is 3.27. The third-order valence-corrected chi connectivity index (χ3v) is 3.16. The van der Waals surface area contributed by atoms with Gasteiger partial charge in [0.2, 0.25) is 0 Å². The highest BCUT2D eigenvalue weighted by Crippen LogP contribution is 2.23. The zero-order valence-corrected chi connectivity index (χ0v) is 12.2. The number of H-pyrrole nitrogens is 1. The number of hydrogen-bond donors (Lipinski definition) is 2. The molecule has 104 valence electrons. The Bertz CT molecular complexity index is 713. The summed E-state index contributed by atoms with van der Waals surface area (Å²) in [7, 11) is 1.59. The number of rotatable bonds is 4. The number of allylic oxidation sites excluding steroid dienone is 3. The van der Waals surface area contributed by atoms with Crippen molar-refractivity contribution in [3.8, 4) is 0 Å². The Balaban J connectivity index is 2.52. The lowest BCUT2D eigenvalue weighted by atomic mass is 10.2. The van der Waals surface area contributed by atoms with Crippen LogP contribution >= 0.6 is 11.6 Å². The van der Waals surface area contributed by atoms with Gasteiger partial charge in [-0.15, -0.1) is 0 Å². The zero-order valence-electron chi connectivity index (χ0n) is 11.4. The lowest BCUT2D eigenvalue weighted by molar-refractivity contribution is 0.308. The number of aromatic amines is 1. The Hall–Kier alpha value is -2.20. The van der Waals surface area contributed by atoms with Crippen LogP contribution in [-0.2, 0) is 4.74 Å². The smallest absolute Gasteiger partial charge is 0.137 e. The molecule has 2 aromatic rings. The maximum atomic E-state index is 5.96. The predicted octanol–water partition coefficient (Wildman–Crippen LogP) is 3.62. The third-order valence-electron chi connectivity index (χ3n) is 2.92. The first-order valence-corrected chi connectivity index (χ1v) is 6.43. The molecule has 0 unspecified atom stereocenters. The van der Waals surface area contributed by atoms with E-state index < -0.39 is 0 Å². The van der Waals surface area contributed by atoms with Crippen LogP contribution in [0.3, 0.4) is 0 Å². The van der Waals surface area contributed by atoms with Gasteiger partial charge in [-0.05, 0) is 31.2 Å². The fraction of sp³-hybridized carbons (Fsp3) is 0.133. The van der Waals surface area contributed by atoms with Crippen molar-refractivity contribution in [3.05, 3.63) is 59.2 Å².